The molecule has 0 radical (unpaired) electrons. The number of aliphatic hydroxyl groups is 1. The van der Waals surface area contributed by atoms with Crippen molar-refractivity contribution >= 4 is 5.97 Å². The van der Waals surface area contributed by atoms with Crippen molar-refractivity contribution in [3.63, 3.8) is 0 Å². The van der Waals surface area contributed by atoms with Crippen molar-refractivity contribution in [1.82, 2.24) is 0 Å². The lowest BCUT2D eigenvalue weighted by molar-refractivity contribution is -0.170. The second-order valence-corrected chi connectivity index (χ2v) is 3.59. The second kappa shape index (κ2) is 4.72. The summed E-state index contributed by atoms with van der Waals surface area (Å²) in [5, 5.41) is 8.61. The predicted octanol–water partition coefficient (Wildman–Crippen LogP) is -0.724. The molecular formula is C9H17NO4. The summed E-state index contributed by atoms with van der Waals surface area (Å²) in [5.74, 6) is -0.302. The fourth-order valence-corrected chi connectivity index (χ4v) is 1.78. The van der Waals surface area contributed by atoms with E-state index < -0.39 is 5.60 Å². The third kappa shape index (κ3) is 2.23. The molecule has 0 amide bonds. The smallest absolute Gasteiger partial charge is 0.308 e. The third-order valence-electron chi connectivity index (χ3n) is 2.64. The number of nitrogens with two attached hydrogens (primary N) is 1. The average Bonchev–Trinajstić information content (AvgIpc) is 2.16. The van der Waals surface area contributed by atoms with Crippen molar-refractivity contribution in [2.75, 3.05) is 26.9 Å². The molecular weight excluding hydrogens is 186 g/mol. The van der Waals surface area contributed by atoms with E-state index in [1.165, 1.54) is 7.11 Å². The maximum atomic E-state index is 11.1. The van der Waals surface area contributed by atoms with Crippen LogP contribution in [0.25, 0.3) is 0 Å². The van der Waals surface area contributed by atoms with E-state index in [2.05, 4.69) is 4.74 Å². The van der Waals surface area contributed by atoms with Crippen molar-refractivity contribution in [2.45, 2.75) is 18.4 Å². The highest BCUT2D eigenvalue weighted by molar-refractivity contribution is 5.73. The summed E-state index contributed by atoms with van der Waals surface area (Å²) >= 11 is 0. The van der Waals surface area contributed by atoms with E-state index in [0.29, 0.717) is 19.4 Å². The maximum Gasteiger partial charge on any atom is 0.308 e. The van der Waals surface area contributed by atoms with Crippen LogP contribution in [0.2, 0.25) is 0 Å². The molecule has 0 unspecified atom stereocenters. The number of hydrogen-bond acceptors (Lipinski definition) is 5. The highest BCUT2D eigenvalue weighted by atomic mass is 16.5. The van der Waals surface area contributed by atoms with Gasteiger partial charge in [-0.3, -0.25) is 4.79 Å². The quantitative estimate of drug-likeness (QED) is 0.576. The molecule has 14 heavy (non-hydrogen) atoms. The molecule has 0 bridgehead atoms. The molecule has 5 nitrogen and oxygen atoms in total. The lowest BCUT2D eigenvalue weighted by Gasteiger charge is -2.45. The Morgan fingerprint density at radius 3 is 2.71 bits per heavy atom. The number of aliphatic hydroxyl groups excluding tert-OH is 1. The van der Waals surface area contributed by atoms with E-state index in [0.717, 1.165) is 0 Å². The maximum absolute atomic E-state index is 11.1. The van der Waals surface area contributed by atoms with E-state index >= 15 is 0 Å². The minimum Gasteiger partial charge on any atom is -0.469 e. The van der Waals surface area contributed by atoms with Gasteiger partial charge in [-0.15, -0.1) is 0 Å². The van der Waals surface area contributed by atoms with Gasteiger partial charge in [-0.25, -0.2) is 0 Å². The zero-order chi connectivity index (χ0) is 10.6. The SMILES string of the molecule is COC(=O)C1CC(CN)(OCCO)C1. The predicted molar refractivity (Wildman–Crippen MR) is 49.6 cm³/mol. The molecule has 0 aromatic heterocycles. The van der Waals surface area contributed by atoms with Gasteiger partial charge in [-0.05, 0) is 12.8 Å². The average molecular weight is 203 g/mol. The molecule has 82 valence electrons. The number of carbonyl (C=O) groups is 1. The van der Waals surface area contributed by atoms with Crippen molar-refractivity contribution in [2.24, 2.45) is 11.7 Å². The molecule has 0 heterocycles. The molecule has 0 atom stereocenters. The summed E-state index contributed by atoms with van der Waals surface area (Å²) in [6.07, 6.45) is 1.19. The highest BCUT2D eigenvalue weighted by Gasteiger charge is 2.48. The van der Waals surface area contributed by atoms with Gasteiger partial charge in [0.05, 0.1) is 31.8 Å². The van der Waals surface area contributed by atoms with E-state index in [1.807, 2.05) is 0 Å². The van der Waals surface area contributed by atoms with E-state index in [-0.39, 0.29) is 25.1 Å². The first-order chi connectivity index (χ1) is 6.67. The first-order valence-corrected chi connectivity index (χ1v) is 4.70. The molecule has 1 aliphatic rings. The van der Waals surface area contributed by atoms with Gasteiger partial charge in [0, 0.05) is 6.54 Å². The Morgan fingerprint density at radius 1 is 1.64 bits per heavy atom. The fraction of sp³-hybridized carbons (Fsp3) is 0.889. The number of carbonyl (C=O) groups excluding carboxylic acids is 1. The van der Waals surface area contributed by atoms with Gasteiger partial charge in [0.15, 0.2) is 0 Å². The van der Waals surface area contributed by atoms with Crippen LogP contribution in [-0.2, 0) is 14.3 Å². The van der Waals surface area contributed by atoms with Crippen molar-refractivity contribution in [3.8, 4) is 0 Å². The summed E-state index contributed by atoms with van der Waals surface area (Å²) < 4.78 is 10.0. The van der Waals surface area contributed by atoms with Crippen LogP contribution in [0.4, 0.5) is 0 Å². The summed E-state index contributed by atoms with van der Waals surface area (Å²) in [6.45, 7) is 0.621. The number of methoxy groups -OCH3 is 1. The molecule has 0 aliphatic heterocycles. The standard InChI is InChI=1S/C9H17NO4/c1-13-8(12)7-4-9(5-7,6-10)14-3-2-11/h7,11H,2-6,10H2,1H3. The lowest BCUT2D eigenvalue weighted by Crippen LogP contribution is -2.54. The van der Waals surface area contributed by atoms with Crippen LogP contribution in [-0.4, -0.2) is 43.5 Å². The van der Waals surface area contributed by atoms with Gasteiger partial charge in [0.25, 0.3) is 0 Å². The second-order valence-electron chi connectivity index (χ2n) is 3.59. The Hall–Kier alpha value is -0.650. The Labute approximate surface area is 83.2 Å². The van der Waals surface area contributed by atoms with Crippen molar-refractivity contribution in [1.29, 1.82) is 0 Å². The normalized spacial score (nSPS) is 30.9. The minimum absolute atomic E-state index is 0.0232. The molecule has 1 fully saturated rings. The Kier molecular flexibility index (Phi) is 3.86. The lowest BCUT2D eigenvalue weighted by atomic mass is 9.70. The number of esters is 1. The summed E-state index contributed by atoms with van der Waals surface area (Å²) in [4.78, 5) is 11.1. The van der Waals surface area contributed by atoms with E-state index in [9.17, 15) is 4.79 Å². The first kappa shape index (κ1) is 11.4. The number of hydrogen-bond donors (Lipinski definition) is 2. The topological polar surface area (TPSA) is 81.8 Å². The van der Waals surface area contributed by atoms with Gasteiger partial charge in [-0.1, -0.05) is 0 Å². The highest BCUT2D eigenvalue weighted by Crippen LogP contribution is 2.40. The molecule has 0 aromatic rings. The van der Waals surface area contributed by atoms with Gasteiger partial charge in [0.1, 0.15) is 0 Å². The molecule has 5 heteroatoms. The van der Waals surface area contributed by atoms with E-state index in [1.54, 1.807) is 0 Å². The van der Waals surface area contributed by atoms with Crippen molar-refractivity contribution in [3.05, 3.63) is 0 Å². The molecule has 0 spiro atoms. The van der Waals surface area contributed by atoms with Crippen LogP contribution in [0, 0.1) is 5.92 Å². The van der Waals surface area contributed by atoms with E-state index in [4.69, 9.17) is 15.6 Å². The van der Waals surface area contributed by atoms with Crippen molar-refractivity contribution < 1.29 is 19.4 Å². The van der Waals surface area contributed by atoms with Crippen LogP contribution < -0.4 is 5.73 Å². The summed E-state index contributed by atoms with van der Waals surface area (Å²) in [7, 11) is 1.37. The van der Waals surface area contributed by atoms with Crippen LogP contribution >= 0.6 is 0 Å². The van der Waals surface area contributed by atoms with Gasteiger partial charge in [0.2, 0.25) is 0 Å². The summed E-state index contributed by atoms with van der Waals surface area (Å²) in [5.41, 5.74) is 5.14. The number of rotatable bonds is 5. The first-order valence-electron chi connectivity index (χ1n) is 4.70. The Bertz CT molecular complexity index is 201. The van der Waals surface area contributed by atoms with Gasteiger partial charge < -0.3 is 20.3 Å². The fourth-order valence-electron chi connectivity index (χ4n) is 1.78. The monoisotopic (exact) mass is 203 g/mol. The third-order valence-corrected chi connectivity index (χ3v) is 2.64. The largest absolute Gasteiger partial charge is 0.469 e. The molecule has 1 rings (SSSR count). The molecule has 1 saturated carbocycles. The van der Waals surface area contributed by atoms with Crippen LogP contribution in [0.1, 0.15) is 12.8 Å². The Balaban J connectivity index is 2.36. The number of ether oxygens (including phenoxy) is 2. The zero-order valence-corrected chi connectivity index (χ0v) is 8.36. The summed E-state index contributed by atoms with van der Waals surface area (Å²) in [6, 6.07) is 0. The minimum atomic E-state index is -0.415. The zero-order valence-electron chi connectivity index (χ0n) is 8.36. The van der Waals surface area contributed by atoms with Crippen LogP contribution in [0.15, 0.2) is 0 Å². The van der Waals surface area contributed by atoms with Gasteiger partial charge in [-0.2, -0.15) is 0 Å². The van der Waals surface area contributed by atoms with Gasteiger partial charge >= 0.3 is 5.97 Å². The molecule has 1 aliphatic carbocycles. The molecule has 3 N–H and O–H groups in total. The Morgan fingerprint density at radius 2 is 2.29 bits per heavy atom. The van der Waals surface area contributed by atoms with Crippen LogP contribution in [0.3, 0.4) is 0 Å². The molecule has 0 aromatic carbocycles. The van der Waals surface area contributed by atoms with Crippen LogP contribution in [0.5, 0.6) is 0 Å². The molecule has 0 saturated heterocycles.